The SMILES string of the molecule is O=C([O-])O.O=C([O-])O.O=C([O-])O.O=C([O-])O.O=P([O-])([O-])[O-].[Al+3].[Na+].[Na+].[Na+].[Na+]. The molecule has 128 valence electrons. The fourth-order valence-electron chi connectivity index (χ4n) is 0. The first kappa shape index (κ1) is 63.0. The summed E-state index contributed by atoms with van der Waals surface area (Å²) >= 11 is 0. The Morgan fingerprint density at radius 2 is 0.538 bits per heavy atom. The first-order chi connectivity index (χ1) is 8.93. The smallest absolute Gasteiger partial charge is 0.822 e. The van der Waals surface area contributed by atoms with Crippen LogP contribution in [0.3, 0.4) is 0 Å². The molecule has 0 heterocycles. The normalized spacial score (nSPS) is 5.96. The minimum atomic E-state index is -5.39. The molecule has 0 aromatic rings. The van der Waals surface area contributed by atoms with Crippen LogP contribution in [-0.2, 0) is 4.57 Å². The zero-order chi connectivity index (χ0) is 18.8. The van der Waals surface area contributed by atoms with Gasteiger partial charge in [0.05, 0.1) is 0 Å². The molecule has 16 nitrogen and oxygen atoms in total. The third-order valence-electron chi connectivity index (χ3n) is 0. The van der Waals surface area contributed by atoms with Crippen LogP contribution in [0.1, 0.15) is 0 Å². The number of hydrogen-bond donors (Lipinski definition) is 4. The second-order valence-corrected chi connectivity index (χ2v) is 2.41. The first-order valence-corrected chi connectivity index (χ1v) is 4.72. The van der Waals surface area contributed by atoms with E-state index in [0.717, 1.165) is 0 Å². The molecule has 0 unspecified atom stereocenters. The van der Waals surface area contributed by atoms with Gasteiger partial charge in [0.15, 0.2) is 0 Å². The number of carbonyl (C=O) groups is 4. The van der Waals surface area contributed by atoms with Crippen LogP contribution in [-0.4, -0.2) is 62.4 Å². The van der Waals surface area contributed by atoms with Crippen molar-refractivity contribution in [2.75, 3.05) is 0 Å². The average Bonchev–Trinajstić information content (AvgIpc) is 1.91. The van der Waals surface area contributed by atoms with Crippen LogP contribution < -0.4 is 153 Å². The number of carboxylic acid groups (broad SMARTS) is 8. The van der Waals surface area contributed by atoms with Crippen molar-refractivity contribution >= 4 is 49.8 Å². The van der Waals surface area contributed by atoms with E-state index in [9.17, 15) is 0 Å². The Hall–Kier alpha value is 1.72. The Bertz CT molecular complexity index is 288. The van der Waals surface area contributed by atoms with E-state index in [4.69, 9.17) is 79.3 Å². The van der Waals surface area contributed by atoms with Crippen LogP contribution in [0.4, 0.5) is 19.2 Å². The molecule has 0 aliphatic carbocycles. The molecule has 0 aliphatic rings. The molecule has 0 fully saturated rings. The maximum absolute atomic E-state index is 8.55. The summed E-state index contributed by atoms with van der Waals surface area (Å²) in [6, 6.07) is 0. The summed E-state index contributed by atoms with van der Waals surface area (Å²) < 4.78 is 8.55. The molecule has 0 aromatic carbocycles. The van der Waals surface area contributed by atoms with Gasteiger partial charge >= 0.3 is 136 Å². The van der Waals surface area contributed by atoms with Crippen LogP contribution in [0.5, 0.6) is 0 Å². The molecule has 0 bridgehead atoms. The van der Waals surface area contributed by atoms with Gasteiger partial charge in [-0.2, -0.15) is 7.82 Å². The molecule has 0 spiro atoms. The van der Waals surface area contributed by atoms with Crippen molar-refractivity contribution in [3.05, 3.63) is 0 Å². The van der Waals surface area contributed by atoms with Gasteiger partial charge in [-0.15, -0.1) is 0 Å². The molecule has 0 aromatic heterocycles. The monoisotopic (exact) mass is 458 g/mol. The van der Waals surface area contributed by atoms with Crippen molar-refractivity contribution < 1.29 is 198 Å². The van der Waals surface area contributed by atoms with Crippen LogP contribution in [0.2, 0.25) is 0 Å². The standard InChI is InChI=1S/4CH2O3.Al.4Na.H3O4P/c4*2-1(3)4;;;;;;1-5(2,3)4/h4*(H2,2,3,4);;;;;;(H3,1,2,3,4)/q;;;;+3;4*+1;/p-7. The van der Waals surface area contributed by atoms with Crippen LogP contribution >= 0.6 is 7.82 Å². The molecule has 0 saturated heterocycles. The molecule has 22 heteroatoms. The molecule has 0 rings (SSSR count). The fraction of sp³-hybridized carbons (Fsp3) is 0. The summed E-state index contributed by atoms with van der Waals surface area (Å²) in [4.78, 5) is 59.4. The topological polar surface area (TPSA) is 328 Å². The van der Waals surface area contributed by atoms with Crippen LogP contribution in [0.25, 0.3) is 0 Å². The van der Waals surface area contributed by atoms with Crippen molar-refractivity contribution in [3.8, 4) is 0 Å². The fourth-order valence-corrected chi connectivity index (χ4v) is 0. The second-order valence-electron chi connectivity index (χ2n) is 1.51. The van der Waals surface area contributed by atoms with Crippen LogP contribution in [0.15, 0.2) is 0 Å². The molecule has 4 N–H and O–H groups in total. The third-order valence-corrected chi connectivity index (χ3v) is 0. The summed E-state index contributed by atoms with van der Waals surface area (Å²) in [7, 11) is -5.39. The molecule has 0 atom stereocenters. The third kappa shape index (κ3) is 5300. The van der Waals surface area contributed by atoms with Crippen molar-refractivity contribution in [1.29, 1.82) is 0 Å². The van der Waals surface area contributed by atoms with E-state index in [1.807, 2.05) is 0 Å². The summed E-state index contributed by atoms with van der Waals surface area (Å²) in [5, 5.41) is 61.2. The molecular formula is C4H4AlNa4O16P. The predicted octanol–water partition coefficient (Wildman–Crippen LogP) is -19.6. The second kappa shape index (κ2) is 45.5. The van der Waals surface area contributed by atoms with Crippen LogP contribution in [0, 0.1) is 0 Å². The number of phosphoric acid groups is 1. The molecule has 0 radical (unpaired) electrons. The van der Waals surface area contributed by atoms with Gasteiger partial charge in [0.2, 0.25) is 24.6 Å². The Morgan fingerprint density at radius 1 is 0.538 bits per heavy atom. The van der Waals surface area contributed by atoms with Gasteiger partial charge in [0.25, 0.3) is 0 Å². The van der Waals surface area contributed by atoms with Gasteiger partial charge in [-0.3, -0.25) is 0 Å². The number of hydrogen-bond acceptors (Lipinski definition) is 12. The molecule has 0 aliphatic heterocycles. The number of rotatable bonds is 0. The van der Waals surface area contributed by atoms with E-state index in [0.29, 0.717) is 0 Å². The van der Waals surface area contributed by atoms with Crippen molar-refractivity contribution in [2.24, 2.45) is 0 Å². The maximum atomic E-state index is 8.55. The predicted molar refractivity (Wildman–Crippen MR) is 45.5 cm³/mol. The minimum absolute atomic E-state index is 0. The zero-order valence-corrected chi connectivity index (χ0v) is 23.8. The van der Waals surface area contributed by atoms with E-state index >= 15 is 0 Å². The first-order valence-electron chi connectivity index (χ1n) is 3.26. The summed E-state index contributed by atoms with van der Waals surface area (Å²) in [5.41, 5.74) is 0. The van der Waals surface area contributed by atoms with Crippen molar-refractivity contribution in [2.45, 2.75) is 0 Å². The summed E-state index contributed by atoms with van der Waals surface area (Å²) in [5.74, 6) is 0. The average molecular weight is 458 g/mol. The van der Waals surface area contributed by atoms with E-state index < -0.39 is 32.4 Å². The van der Waals surface area contributed by atoms with E-state index in [2.05, 4.69) is 0 Å². The van der Waals surface area contributed by atoms with Crippen molar-refractivity contribution in [3.63, 3.8) is 0 Å². The molecule has 0 saturated carbocycles. The van der Waals surface area contributed by atoms with E-state index in [1.54, 1.807) is 0 Å². The van der Waals surface area contributed by atoms with Gasteiger partial charge in [0.1, 0.15) is 0 Å². The Kier molecular flexibility index (Phi) is 110. The Balaban J connectivity index is -0.0000000147. The molecule has 0 amide bonds. The van der Waals surface area contributed by atoms with E-state index in [1.165, 1.54) is 0 Å². The maximum Gasteiger partial charge on any atom is 3.00 e. The largest absolute Gasteiger partial charge is 3.00 e. The Labute approximate surface area is 243 Å². The van der Waals surface area contributed by atoms with Gasteiger partial charge in [-0.1, -0.05) is 0 Å². The van der Waals surface area contributed by atoms with Gasteiger partial charge in [-0.05, 0) is 0 Å². The van der Waals surface area contributed by atoms with Crippen molar-refractivity contribution in [1.82, 2.24) is 0 Å². The summed E-state index contributed by atoms with van der Waals surface area (Å²) in [6.45, 7) is 0. The quantitative estimate of drug-likeness (QED) is 0.193. The van der Waals surface area contributed by atoms with E-state index in [-0.39, 0.29) is 136 Å². The van der Waals surface area contributed by atoms with Gasteiger partial charge in [0, 0.05) is 0 Å². The minimum Gasteiger partial charge on any atom is -0.822 e. The van der Waals surface area contributed by atoms with Gasteiger partial charge < -0.3 is 79.3 Å². The van der Waals surface area contributed by atoms with Gasteiger partial charge in [-0.25, -0.2) is 0 Å². The molecule has 26 heavy (non-hydrogen) atoms. The molecular weight excluding hydrogens is 454 g/mol. The Morgan fingerprint density at radius 3 is 0.538 bits per heavy atom. The summed E-state index contributed by atoms with van der Waals surface area (Å²) in [6.07, 6.45) is -8.33. The zero-order valence-electron chi connectivity index (χ0n) is 13.7.